The van der Waals surface area contributed by atoms with Crippen LogP contribution in [0.2, 0.25) is 0 Å². The zero-order valence-electron chi connectivity index (χ0n) is 11.5. The van der Waals surface area contributed by atoms with Crippen molar-refractivity contribution in [2.75, 3.05) is 30.4 Å². The molecule has 19 heavy (non-hydrogen) atoms. The number of nitrogens with one attached hydrogen (secondary N) is 1. The molecule has 7 heteroatoms. The van der Waals surface area contributed by atoms with E-state index in [1.54, 1.807) is 14.0 Å². The fourth-order valence-electron chi connectivity index (χ4n) is 1.57. The summed E-state index contributed by atoms with van der Waals surface area (Å²) < 4.78 is 37.6. The molecule has 0 aliphatic carbocycles. The zero-order chi connectivity index (χ0) is 14.6. The molecule has 1 aromatic rings. The summed E-state index contributed by atoms with van der Waals surface area (Å²) in [7, 11) is 1.68. The minimum atomic E-state index is -4.25. The Morgan fingerprint density at radius 3 is 2.37 bits per heavy atom. The van der Waals surface area contributed by atoms with Gasteiger partial charge in [0, 0.05) is 25.6 Å². The Morgan fingerprint density at radius 1 is 1.32 bits per heavy atom. The maximum Gasteiger partial charge on any atom is 0.405 e. The van der Waals surface area contributed by atoms with Crippen molar-refractivity contribution in [2.45, 2.75) is 32.9 Å². The highest BCUT2D eigenvalue weighted by molar-refractivity contribution is 5.49. The van der Waals surface area contributed by atoms with Gasteiger partial charge in [-0.2, -0.15) is 13.2 Å². The SMILES string of the molecule is CCN(CC(F)(F)F)c1cc(NC)nc(C(C)C)n1. The molecule has 1 heterocycles. The molecule has 0 bridgehead atoms. The topological polar surface area (TPSA) is 41.0 Å². The number of hydrogen-bond donors (Lipinski definition) is 1. The van der Waals surface area contributed by atoms with Crippen molar-refractivity contribution in [3.8, 4) is 0 Å². The number of rotatable bonds is 5. The van der Waals surface area contributed by atoms with E-state index in [0.717, 1.165) is 0 Å². The molecule has 0 spiro atoms. The Kier molecular flexibility index (Phi) is 4.97. The minimum absolute atomic E-state index is 0.0524. The van der Waals surface area contributed by atoms with E-state index in [1.165, 1.54) is 11.0 Å². The molecule has 0 atom stereocenters. The van der Waals surface area contributed by atoms with Gasteiger partial charge >= 0.3 is 6.18 Å². The summed E-state index contributed by atoms with van der Waals surface area (Å²) in [6.07, 6.45) is -4.25. The third kappa shape index (κ3) is 4.57. The van der Waals surface area contributed by atoms with Crippen LogP contribution in [0, 0.1) is 0 Å². The summed E-state index contributed by atoms with van der Waals surface area (Å²) in [5, 5.41) is 2.85. The molecule has 0 saturated heterocycles. The second-order valence-corrected chi connectivity index (χ2v) is 4.50. The third-order valence-corrected chi connectivity index (χ3v) is 2.58. The van der Waals surface area contributed by atoms with Crippen LogP contribution in [0.5, 0.6) is 0 Å². The van der Waals surface area contributed by atoms with E-state index in [-0.39, 0.29) is 12.5 Å². The molecule has 0 fully saturated rings. The number of anilines is 2. The number of hydrogen-bond acceptors (Lipinski definition) is 4. The van der Waals surface area contributed by atoms with E-state index in [9.17, 15) is 13.2 Å². The predicted octanol–water partition coefficient (Wildman–Crippen LogP) is 3.03. The average molecular weight is 276 g/mol. The maximum absolute atomic E-state index is 12.5. The molecule has 0 saturated carbocycles. The van der Waals surface area contributed by atoms with Gasteiger partial charge in [0.05, 0.1) is 0 Å². The van der Waals surface area contributed by atoms with E-state index >= 15 is 0 Å². The fraction of sp³-hybridized carbons (Fsp3) is 0.667. The lowest BCUT2D eigenvalue weighted by Gasteiger charge is -2.24. The first-order chi connectivity index (χ1) is 8.76. The van der Waals surface area contributed by atoms with Crippen LogP contribution in [0.25, 0.3) is 0 Å². The first-order valence-corrected chi connectivity index (χ1v) is 6.15. The van der Waals surface area contributed by atoms with Crippen LogP contribution in [0.3, 0.4) is 0 Å². The molecule has 0 unspecified atom stereocenters. The average Bonchev–Trinajstić information content (AvgIpc) is 2.34. The first kappa shape index (κ1) is 15.5. The van der Waals surface area contributed by atoms with Crippen molar-refractivity contribution >= 4 is 11.6 Å². The van der Waals surface area contributed by atoms with E-state index < -0.39 is 12.7 Å². The highest BCUT2D eigenvalue weighted by Crippen LogP contribution is 2.23. The minimum Gasteiger partial charge on any atom is -0.373 e. The quantitative estimate of drug-likeness (QED) is 0.897. The molecule has 0 aromatic carbocycles. The lowest BCUT2D eigenvalue weighted by Crippen LogP contribution is -2.35. The Labute approximate surface area is 111 Å². The summed E-state index contributed by atoms with van der Waals surface area (Å²) in [5.41, 5.74) is 0. The van der Waals surface area contributed by atoms with E-state index in [0.29, 0.717) is 17.5 Å². The van der Waals surface area contributed by atoms with Crippen LogP contribution in [0.4, 0.5) is 24.8 Å². The van der Waals surface area contributed by atoms with E-state index in [2.05, 4.69) is 15.3 Å². The van der Waals surface area contributed by atoms with E-state index in [4.69, 9.17) is 0 Å². The predicted molar refractivity (Wildman–Crippen MR) is 69.6 cm³/mol. The summed E-state index contributed by atoms with van der Waals surface area (Å²) >= 11 is 0. The van der Waals surface area contributed by atoms with Gasteiger partial charge in [-0.15, -0.1) is 0 Å². The Hall–Kier alpha value is -1.53. The Morgan fingerprint density at radius 2 is 1.95 bits per heavy atom. The van der Waals surface area contributed by atoms with E-state index in [1.807, 2.05) is 13.8 Å². The van der Waals surface area contributed by atoms with Crippen molar-refractivity contribution in [2.24, 2.45) is 0 Å². The molecule has 108 valence electrons. The molecule has 0 amide bonds. The maximum atomic E-state index is 12.5. The van der Waals surface area contributed by atoms with Crippen molar-refractivity contribution in [3.05, 3.63) is 11.9 Å². The van der Waals surface area contributed by atoms with Crippen LogP contribution >= 0.6 is 0 Å². The van der Waals surface area contributed by atoms with Gasteiger partial charge < -0.3 is 10.2 Å². The lowest BCUT2D eigenvalue weighted by molar-refractivity contribution is -0.119. The molecule has 1 aromatic heterocycles. The molecule has 1 N–H and O–H groups in total. The van der Waals surface area contributed by atoms with Crippen LogP contribution in [-0.4, -0.2) is 36.3 Å². The lowest BCUT2D eigenvalue weighted by atomic mass is 10.2. The van der Waals surface area contributed by atoms with Crippen molar-refractivity contribution < 1.29 is 13.2 Å². The van der Waals surface area contributed by atoms with Crippen LogP contribution in [0.15, 0.2) is 6.07 Å². The molecule has 1 rings (SSSR count). The zero-order valence-corrected chi connectivity index (χ0v) is 11.5. The standard InChI is InChI=1S/C12H19F3N4/c1-5-19(7-12(13,14)15)10-6-9(16-4)17-11(18-10)8(2)3/h6,8H,5,7H2,1-4H3,(H,16,17,18). The van der Waals surface area contributed by atoms with Gasteiger partial charge in [0.15, 0.2) is 0 Å². The Balaban J connectivity index is 3.12. The number of nitrogens with zero attached hydrogens (tertiary/aromatic N) is 3. The summed E-state index contributed by atoms with van der Waals surface area (Å²) in [6.45, 7) is 4.69. The van der Waals surface area contributed by atoms with Crippen LogP contribution in [0.1, 0.15) is 32.5 Å². The highest BCUT2D eigenvalue weighted by Gasteiger charge is 2.31. The number of alkyl halides is 3. The van der Waals surface area contributed by atoms with Crippen molar-refractivity contribution in [3.63, 3.8) is 0 Å². The molecule has 0 radical (unpaired) electrons. The number of halogens is 3. The molecule has 4 nitrogen and oxygen atoms in total. The number of aromatic nitrogens is 2. The normalized spacial score (nSPS) is 11.8. The summed E-state index contributed by atoms with van der Waals surface area (Å²) in [6, 6.07) is 1.53. The van der Waals surface area contributed by atoms with Gasteiger partial charge in [0.25, 0.3) is 0 Å². The van der Waals surface area contributed by atoms with Crippen LogP contribution in [-0.2, 0) is 0 Å². The van der Waals surface area contributed by atoms with Gasteiger partial charge in [-0.05, 0) is 6.92 Å². The van der Waals surface area contributed by atoms with Gasteiger partial charge in [-0.25, -0.2) is 9.97 Å². The monoisotopic (exact) mass is 276 g/mol. The summed E-state index contributed by atoms with van der Waals surface area (Å²) in [4.78, 5) is 9.63. The largest absolute Gasteiger partial charge is 0.405 e. The molecular weight excluding hydrogens is 257 g/mol. The second kappa shape index (κ2) is 6.08. The van der Waals surface area contributed by atoms with Crippen molar-refractivity contribution in [1.82, 2.24) is 9.97 Å². The molecule has 0 aliphatic heterocycles. The van der Waals surface area contributed by atoms with Crippen LogP contribution < -0.4 is 10.2 Å². The fourth-order valence-corrected chi connectivity index (χ4v) is 1.57. The molecular formula is C12H19F3N4. The van der Waals surface area contributed by atoms with Gasteiger partial charge in [-0.3, -0.25) is 0 Å². The smallest absolute Gasteiger partial charge is 0.373 e. The Bertz CT molecular complexity index is 418. The van der Waals surface area contributed by atoms with Gasteiger partial charge in [-0.1, -0.05) is 13.8 Å². The van der Waals surface area contributed by atoms with Gasteiger partial charge in [0.2, 0.25) is 0 Å². The second-order valence-electron chi connectivity index (χ2n) is 4.50. The van der Waals surface area contributed by atoms with Crippen molar-refractivity contribution in [1.29, 1.82) is 0 Å². The first-order valence-electron chi connectivity index (χ1n) is 6.15. The third-order valence-electron chi connectivity index (χ3n) is 2.58. The van der Waals surface area contributed by atoms with Gasteiger partial charge in [0.1, 0.15) is 24.0 Å². The summed E-state index contributed by atoms with van der Waals surface area (Å²) in [5.74, 6) is 1.40. The highest BCUT2D eigenvalue weighted by atomic mass is 19.4. The molecule has 0 aliphatic rings.